The zero-order valence-corrected chi connectivity index (χ0v) is 19.6. The van der Waals surface area contributed by atoms with Crippen LogP contribution in [0.1, 0.15) is 22.4 Å². The summed E-state index contributed by atoms with van der Waals surface area (Å²) in [6, 6.07) is 5.59. The molecule has 0 saturated heterocycles. The number of rotatable bonds is 6. The molecule has 0 spiro atoms. The molecule has 9 nitrogen and oxygen atoms in total. The molecule has 0 saturated carbocycles. The van der Waals surface area contributed by atoms with Crippen LogP contribution in [-0.2, 0) is 21.0 Å². The van der Waals surface area contributed by atoms with E-state index in [4.69, 9.17) is 16.4 Å². The second kappa shape index (κ2) is 9.15. The fraction of sp³-hybridized carbons (Fsp3) is 0.143. The smallest absolute Gasteiger partial charge is 0.399 e. The molecule has 35 heavy (non-hydrogen) atoms. The molecule has 3 heterocycles. The topological polar surface area (TPSA) is 122 Å². The summed E-state index contributed by atoms with van der Waals surface area (Å²) in [6.07, 6.45) is -0.491. The fourth-order valence-electron chi connectivity index (χ4n) is 3.35. The summed E-state index contributed by atoms with van der Waals surface area (Å²) >= 11 is 6.06. The van der Waals surface area contributed by atoms with Crippen LogP contribution in [0.2, 0.25) is 5.02 Å². The number of sulfonamides is 1. The number of nitrogens with zero attached hydrogens (tertiary/aromatic N) is 4. The number of alkyl halides is 3. The molecule has 0 amide bonds. The Bertz CT molecular complexity index is 1550. The molecule has 0 fully saturated rings. The van der Waals surface area contributed by atoms with Crippen LogP contribution >= 0.6 is 11.6 Å². The number of halogens is 4. The van der Waals surface area contributed by atoms with E-state index in [1.165, 1.54) is 38.7 Å². The minimum absolute atomic E-state index is 0.0108. The van der Waals surface area contributed by atoms with Crippen molar-refractivity contribution >= 4 is 44.1 Å². The zero-order chi connectivity index (χ0) is 25.4. The molecule has 0 bridgehead atoms. The van der Waals surface area contributed by atoms with Crippen LogP contribution in [0.25, 0.3) is 11.0 Å². The van der Waals surface area contributed by atoms with E-state index in [0.29, 0.717) is 22.7 Å². The molecule has 0 radical (unpaired) electrons. The number of aryl methyl sites for hydroxylation is 1. The lowest BCUT2D eigenvalue weighted by molar-refractivity contribution is -0.138. The lowest BCUT2D eigenvalue weighted by atomic mass is 10.0. The molecule has 3 aromatic heterocycles. The lowest BCUT2D eigenvalue weighted by Gasteiger charge is -2.16. The standard InChI is InChI=1S/C21H16ClF3N6O3S/c1-11-3-4-13(8-16(11)21(23,24)25)35(32,33)31-17-7-12(22)9-27-19(17)18(30-34-2)14-5-6-26-20-15(14)10-28-29-20/h3-10,31H,1-2H3,(H,26,28,29)/b30-18+. The van der Waals surface area contributed by atoms with Gasteiger partial charge in [0.25, 0.3) is 10.0 Å². The Kier molecular flexibility index (Phi) is 6.38. The van der Waals surface area contributed by atoms with Gasteiger partial charge in [0.2, 0.25) is 0 Å². The van der Waals surface area contributed by atoms with Gasteiger partial charge in [0.15, 0.2) is 5.65 Å². The van der Waals surface area contributed by atoms with Crippen molar-refractivity contribution in [3.63, 3.8) is 0 Å². The van der Waals surface area contributed by atoms with E-state index < -0.39 is 26.7 Å². The third kappa shape index (κ3) is 4.91. The Morgan fingerprint density at radius 2 is 1.94 bits per heavy atom. The van der Waals surface area contributed by atoms with Crippen LogP contribution < -0.4 is 4.72 Å². The van der Waals surface area contributed by atoms with Crippen LogP contribution in [0.15, 0.2) is 59.0 Å². The molecule has 14 heteroatoms. The molecule has 0 aliphatic carbocycles. The first-order valence-electron chi connectivity index (χ1n) is 9.77. The Morgan fingerprint density at radius 3 is 2.66 bits per heavy atom. The van der Waals surface area contributed by atoms with Gasteiger partial charge in [-0.15, -0.1) is 0 Å². The van der Waals surface area contributed by atoms with Gasteiger partial charge in [-0.05, 0) is 36.8 Å². The maximum absolute atomic E-state index is 13.4. The first-order chi connectivity index (χ1) is 16.5. The first-order valence-corrected chi connectivity index (χ1v) is 11.6. The van der Waals surface area contributed by atoms with Gasteiger partial charge in [0, 0.05) is 23.3 Å². The number of benzene rings is 1. The molecule has 4 aromatic rings. The molecule has 0 aliphatic heterocycles. The monoisotopic (exact) mass is 524 g/mol. The third-order valence-electron chi connectivity index (χ3n) is 4.94. The Morgan fingerprint density at radius 1 is 1.17 bits per heavy atom. The summed E-state index contributed by atoms with van der Waals surface area (Å²) in [4.78, 5) is 12.7. The van der Waals surface area contributed by atoms with Crippen molar-refractivity contribution < 1.29 is 26.4 Å². The van der Waals surface area contributed by atoms with Crippen molar-refractivity contribution in [1.82, 2.24) is 20.2 Å². The molecular formula is C21H16ClF3N6O3S. The van der Waals surface area contributed by atoms with Gasteiger partial charge < -0.3 is 4.84 Å². The van der Waals surface area contributed by atoms with Crippen molar-refractivity contribution in [1.29, 1.82) is 0 Å². The minimum atomic E-state index is -4.73. The van der Waals surface area contributed by atoms with E-state index in [9.17, 15) is 21.6 Å². The van der Waals surface area contributed by atoms with Crippen molar-refractivity contribution in [2.75, 3.05) is 11.8 Å². The molecule has 1 aromatic carbocycles. The van der Waals surface area contributed by atoms with Crippen molar-refractivity contribution in [3.05, 3.63) is 76.3 Å². The number of nitrogens with one attached hydrogen (secondary N) is 2. The molecule has 4 rings (SSSR count). The van der Waals surface area contributed by atoms with Gasteiger partial charge in [-0.3, -0.25) is 14.8 Å². The average molecular weight is 525 g/mol. The van der Waals surface area contributed by atoms with Crippen molar-refractivity contribution in [3.8, 4) is 0 Å². The largest absolute Gasteiger partial charge is 0.416 e. The van der Waals surface area contributed by atoms with E-state index in [-0.39, 0.29) is 27.7 Å². The molecule has 2 N–H and O–H groups in total. The second-order valence-electron chi connectivity index (χ2n) is 7.24. The van der Waals surface area contributed by atoms with Crippen LogP contribution in [0.4, 0.5) is 18.9 Å². The van der Waals surface area contributed by atoms with Crippen LogP contribution in [0.3, 0.4) is 0 Å². The normalized spacial score (nSPS) is 12.7. The highest BCUT2D eigenvalue weighted by Crippen LogP contribution is 2.34. The van der Waals surface area contributed by atoms with E-state index >= 15 is 0 Å². The summed E-state index contributed by atoms with van der Waals surface area (Å²) in [6.45, 7) is 1.24. The molecule has 0 aliphatic rings. The predicted octanol–water partition coefficient (Wildman–Crippen LogP) is 4.53. The maximum Gasteiger partial charge on any atom is 0.416 e. The Balaban J connectivity index is 1.84. The SMILES string of the molecule is CO/N=C(/c1ncc(Cl)cc1NS(=O)(=O)c1ccc(C)c(C(F)(F)F)c1)c1ccnc2[nH]ncc12. The highest BCUT2D eigenvalue weighted by molar-refractivity contribution is 7.92. The highest BCUT2D eigenvalue weighted by Gasteiger charge is 2.34. The van der Waals surface area contributed by atoms with Crippen LogP contribution in [0, 0.1) is 6.92 Å². The third-order valence-corrected chi connectivity index (χ3v) is 6.51. The van der Waals surface area contributed by atoms with Gasteiger partial charge >= 0.3 is 6.18 Å². The predicted molar refractivity (Wildman–Crippen MR) is 123 cm³/mol. The van der Waals surface area contributed by atoms with Crippen molar-refractivity contribution in [2.45, 2.75) is 18.0 Å². The molecule has 0 atom stereocenters. The van der Waals surface area contributed by atoms with Crippen molar-refractivity contribution in [2.24, 2.45) is 5.16 Å². The average Bonchev–Trinajstić information content (AvgIpc) is 3.26. The summed E-state index contributed by atoms with van der Waals surface area (Å²) in [5.74, 6) is 0. The summed E-state index contributed by atoms with van der Waals surface area (Å²) < 4.78 is 68.5. The summed E-state index contributed by atoms with van der Waals surface area (Å²) in [5.41, 5.74) is -0.302. The molecular weight excluding hydrogens is 509 g/mol. The first kappa shape index (κ1) is 24.4. The number of aromatic nitrogens is 4. The zero-order valence-electron chi connectivity index (χ0n) is 18.1. The second-order valence-corrected chi connectivity index (χ2v) is 9.36. The highest BCUT2D eigenvalue weighted by atomic mass is 35.5. The summed E-state index contributed by atoms with van der Waals surface area (Å²) in [7, 11) is -3.20. The van der Waals surface area contributed by atoms with E-state index in [0.717, 1.165) is 12.1 Å². The Labute approximate surface area is 202 Å². The number of anilines is 1. The fourth-order valence-corrected chi connectivity index (χ4v) is 4.59. The number of pyridine rings is 2. The number of aromatic amines is 1. The van der Waals surface area contributed by atoms with Gasteiger partial charge in [0.1, 0.15) is 18.5 Å². The van der Waals surface area contributed by atoms with E-state index in [2.05, 4.69) is 30.0 Å². The number of oxime groups is 1. The van der Waals surface area contributed by atoms with E-state index in [1.54, 1.807) is 6.07 Å². The quantitative estimate of drug-likeness (QED) is 0.282. The Hall–Kier alpha value is -3.71. The van der Waals surface area contributed by atoms with E-state index in [1.807, 2.05) is 0 Å². The van der Waals surface area contributed by atoms with Gasteiger partial charge in [-0.2, -0.15) is 18.3 Å². The lowest BCUT2D eigenvalue weighted by Crippen LogP contribution is -2.19. The number of hydrogen-bond acceptors (Lipinski definition) is 7. The maximum atomic E-state index is 13.4. The molecule has 0 unspecified atom stereocenters. The number of hydrogen-bond donors (Lipinski definition) is 2. The molecule has 182 valence electrons. The van der Waals surface area contributed by atoms with Gasteiger partial charge in [0.05, 0.1) is 27.4 Å². The van der Waals surface area contributed by atoms with Gasteiger partial charge in [-0.25, -0.2) is 13.4 Å². The summed E-state index contributed by atoms with van der Waals surface area (Å²) in [5, 5.41) is 11.3. The van der Waals surface area contributed by atoms with Crippen LogP contribution in [-0.4, -0.2) is 41.4 Å². The number of H-pyrrole nitrogens is 1. The number of fused-ring (bicyclic) bond motifs is 1. The van der Waals surface area contributed by atoms with Crippen LogP contribution in [0.5, 0.6) is 0 Å². The minimum Gasteiger partial charge on any atom is -0.399 e. The van der Waals surface area contributed by atoms with Gasteiger partial charge in [-0.1, -0.05) is 22.8 Å².